The van der Waals surface area contributed by atoms with Crippen molar-refractivity contribution >= 4 is 12.2 Å². The molecular formula is C16H19N3O2. The van der Waals surface area contributed by atoms with E-state index in [0.717, 1.165) is 11.3 Å². The highest BCUT2D eigenvalue weighted by molar-refractivity contribution is 5.88. The Hall–Kier alpha value is -2.43. The lowest BCUT2D eigenvalue weighted by Gasteiger charge is -2.13. The summed E-state index contributed by atoms with van der Waals surface area (Å²) >= 11 is 0. The first-order chi connectivity index (χ1) is 9.88. The van der Waals surface area contributed by atoms with E-state index in [0.29, 0.717) is 5.69 Å². The van der Waals surface area contributed by atoms with Crippen molar-refractivity contribution in [1.29, 1.82) is 0 Å². The predicted molar refractivity (Wildman–Crippen MR) is 81.4 cm³/mol. The number of oxime groups is 1. The van der Waals surface area contributed by atoms with Crippen molar-refractivity contribution in [1.82, 2.24) is 9.78 Å². The summed E-state index contributed by atoms with van der Waals surface area (Å²) in [4.78, 5) is 16.9. The molecule has 0 saturated carbocycles. The van der Waals surface area contributed by atoms with E-state index < -0.39 is 5.97 Å². The molecule has 1 aromatic heterocycles. The zero-order valence-corrected chi connectivity index (χ0v) is 12.7. The molecule has 1 heterocycles. The minimum absolute atomic E-state index is 0.121. The van der Waals surface area contributed by atoms with Crippen molar-refractivity contribution in [3.05, 3.63) is 53.3 Å². The van der Waals surface area contributed by atoms with Gasteiger partial charge in [-0.2, -0.15) is 5.10 Å². The fourth-order valence-electron chi connectivity index (χ4n) is 1.75. The van der Waals surface area contributed by atoms with E-state index in [4.69, 9.17) is 4.84 Å². The summed E-state index contributed by atoms with van der Waals surface area (Å²) in [6.45, 7) is 6.12. The molecule has 0 atom stereocenters. The van der Waals surface area contributed by atoms with Crippen molar-refractivity contribution in [2.45, 2.75) is 26.2 Å². The first-order valence-corrected chi connectivity index (χ1v) is 6.72. The van der Waals surface area contributed by atoms with Crippen LogP contribution in [0.4, 0.5) is 0 Å². The van der Waals surface area contributed by atoms with Crippen LogP contribution in [0.3, 0.4) is 0 Å². The molecule has 0 fully saturated rings. The molecule has 1 aromatic carbocycles. The molecule has 21 heavy (non-hydrogen) atoms. The second-order valence-electron chi connectivity index (χ2n) is 5.81. The number of carbonyl (C=O) groups excluding carboxylic acids is 1. The molecule has 2 aromatic rings. The third-order valence-corrected chi connectivity index (χ3v) is 2.99. The highest BCUT2D eigenvalue weighted by atomic mass is 16.7. The largest absolute Gasteiger partial charge is 0.383 e. The minimum Gasteiger partial charge on any atom is -0.311 e. The molecule has 0 aliphatic rings. The third-order valence-electron chi connectivity index (χ3n) is 2.99. The highest BCUT2D eigenvalue weighted by Gasteiger charge is 2.22. The van der Waals surface area contributed by atoms with Gasteiger partial charge in [-0.1, -0.05) is 56.3 Å². The number of rotatable bonds is 3. The molecular weight excluding hydrogens is 266 g/mol. The number of hydrogen-bond acceptors (Lipinski definition) is 4. The highest BCUT2D eigenvalue weighted by Crippen LogP contribution is 2.21. The summed E-state index contributed by atoms with van der Waals surface area (Å²) in [5.41, 5.74) is 1.96. The first-order valence-electron chi connectivity index (χ1n) is 6.72. The van der Waals surface area contributed by atoms with Gasteiger partial charge in [0.15, 0.2) is 0 Å². The average Bonchev–Trinajstić information content (AvgIpc) is 2.82. The van der Waals surface area contributed by atoms with Crippen molar-refractivity contribution in [2.24, 2.45) is 12.2 Å². The van der Waals surface area contributed by atoms with Crippen LogP contribution in [0.5, 0.6) is 0 Å². The van der Waals surface area contributed by atoms with Gasteiger partial charge in [0.05, 0.1) is 11.9 Å². The van der Waals surface area contributed by atoms with Crippen molar-refractivity contribution < 1.29 is 9.63 Å². The number of carbonyl (C=O) groups is 1. The van der Waals surface area contributed by atoms with E-state index in [9.17, 15) is 4.79 Å². The Morgan fingerprint density at radius 3 is 2.52 bits per heavy atom. The van der Waals surface area contributed by atoms with Gasteiger partial charge in [0.25, 0.3) is 0 Å². The quantitative estimate of drug-likeness (QED) is 0.495. The maximum Gasteiger partial charge on any atom is 0.383 e. The molecule has 110 valence electrons. The fraction of sp³-hybridized carbons (Fsp3) is 0.312. The fourth-order valence-corrected chi connectivity index (χ4v) is 1.75. The Labute approximate surface area is 124 Å². The summed E-state index contributed by atoms with van der Waals surface area (Å²) in [6, 6.07) is 11.2. The zero-order valence-electron chi connectivity index (χ0n) is 12.7. The van der Waals surface area contributed by atoms with Gasteiger partial charge >= 0.3 is 5.97 Å². The van der Waals surface area contributed by atoms with Gasteiger partial charge in [0.2, 0.25) is 0 Å². The number of aryl methyl sites for hydroxylation is 1. The van der Waals surface area contributed by atoms with Crippen LogP contribution in [0, 0.1) is 0 Å². The standard InChI is InChI=1S/C16H19N3O2/c1-16(2,3)14-10-13(19(4)18-14)15(20)21-17-11-12-8-6-5-7-9-12/h5-11H,1-4H3/b17-11-. The van der Waals surface area contributed by atoms with Crippen LogP contribution < -0.4 is 0 Å². The lowest BCUT2D eigenvalue weighted by atomic mass is 9.92. The summed E-state index contributed by atoms with van der Waals surface area (Å²) in [5.74, 6) is -0.521. The van der Waals surface area contributed by atoms with Crippen LogP contribution in [0.15, 0.2) is 41.6 Å². The maximum absolute atomic E-state index is 12.0. The lowest BCUT2D eigenvalue weighted by Crippen LogP contribution is -2.12. The zero-order chi connectivity index (χ0) is 15.5. The number of nitrogens with zero attached hydrogens (tertiary/aromatic N) is 3. The summed E-state index contributed by atoms with van der Waals surface area (Å²) in [7, 11) is 1.72. The van der Waals surface area contributed by atoms with E-state index in [1.165, 1.54) is 10.9 Å². The van der Waals surface area contributed by atoms with Crippen LogP contribution in [-0.4, -0.2) is 22.0 Å². The second-order valence-corrected chi connectivity index (χ2v) is 5.81. The molecule has 2 rings (SSSR count). The topological polar surface area (TPSA) is 56.5 Å². The molecule has 0 radical (unpaired) electrons. The molecule has 0 bridgehead atoms. The molecule has 0 aliphatic heterocycles. The molecule has 5 heteroatoms. The van der Waals surface area contributed by atoms with Gasteiger partial charge in [-0.15, -0.1) is 0 Å². The monoisotopic (exact) mass is 285 g/mol. The molecule has 0 amide bonds. The van der Waals surface area contributed by atoms with Gasteiger partial charge in [0, 0.05) is 12.5 Å². The van der Waals surface area contributed by atoms with E-state index in [2.05, 4.69) is 10.3 Å². The average molecular weight is 285 g/mol. The number of aromatic nitrogens is 2. The Bertz CT molecular complexity index is 652. The number of benzene rings is 1. The third kappa shape index (κ3) is 3.78. The van der Waals surface area contributed by atoms with E-state index >= 15 is 0 Å². The Kier molecular flexibility index (Phi) is 4.21. The molecule has 0 saturated heterocycles. The maximum atomic E-state index is 12.0. The van der Waals surface area contributed by atoms with Crippen molar-refractivity contribution in [3.63, 3.8) is 0 Å². The van der Waals surface area contributed by atoms with Crippen LogP contribution in [0.25, 0.3) is 0 Å². The van der Waals surface area contributed by atoms with Gasteiger partial charge in [-0.05, 0) is 11.6 Å². The van der Waals surface area contributed by atoms with Gasteiger partial charge in [-0.25, -0.2) is 4.79 Å². The lowest BCUT2D eigenvalue weighted by molar-refractivity contribution is 0.0506. The van der Waals surface area contributed by atoms with Gasteiger partial charge in [0.1, 0.15) is 5.69 Å². The minimum atomic E-state index is -0.521. The van der Waals surface area contributed by atoms with E-state index in [1.807, 2.05) is 51.1 Å². The molecule has 5 nitrogen and oxygen atoms in total. The van der Waals surface area contributed by atoms with Crippen LogP contribution in [-0.2, 0) is 17.3 Å². The molecule has 0 aliphatic carbocycles. The van der Waals surface area contributed by atoms with Crippen molar-refractivity contribution in [2.75, 3.05) is 0 Å². The van der Waals surface area contributed by atoms with Gasteiger partial charge < -0.3 is 4.84 Å². The molecule has 0 unspecified atom stereocenters. The molecule has 0 spiro atoms. The normalized spacial score (nSPS) is 11.8. The van der Waals surface area contributed by atoms with E-state index in [-0.39, 0.29) is 5.41 Å². The smallest absolute Gasteiger partial charge is 0.311 e. The SMILES string of the molecule is Cn1nc(C(C)(C)C)cc1C(=O)O/N=C\c1ccccc1. The molecule has 0 N–H and O–H groups in total. The predicted octanol–water partition coefficient (Wildman–Crippen LogP) is 2.91. The van der Waals surface area contributed by atoms with Crippen LogP contribution in [0.2, 0.25) is 0 Å². The van der Waals surface area contributed by atoms with Gasteiger partial charge in [-0.3, -0.25) is 4.68 Å². The summed E-state index contributed by atoms with van der Waals surface area (Å²) in [5, 5.41) is 8.05. The van der Waals surface area contributed by atoms with E-state index in [1.54, 1.807) is 13.1 Å². The number of hydrogen-bond donors (Lipinski definition) is 0. The van der Waals surface area contributed by atoms with Crippen molar-refractivity contribution in [3.8, 4) is 0 Å². The summed E-state index contributed by atoms with van der Waals surface area (Å²) in [6.07, 6.45) is 1.50. The Balaban J connectivity index is 2.07. The van der Waals surface area contributed by atoms with Crippen LogP contribution >= 0.6 is 0 Å². The van der Waals surface area contributed by atoms with Crippen LogP contribution in [0.1, 0.15) is 42.5 Å². The Morgan fingerprint density at radius 1 is 1.29 bits per heavy atom. The second kappa shape index (κ2) is 5.91. The summed E-state index contributed by atoms with van der Waals surface area (Å²) < 4.78 is 1.51. The first kappa shape index (κ1) is 15.0. The Morgan fingerprint density at radius 2 is 1.95 bits per heavy atom.